The summed E-state index contributed by atoms with van der Waals surface area (Å²) in [7, 11) is 0. The SMILES string of the molecule is CCOC(=O)C(C)NC(=O)CSC(C)(C)C. The molecular formula is C11H21NO3S. The van der Waals surface area contributed by atoms with E-state index in [1.165, 1.54) is 0 Å². The molecule has 0 aliphatic carbocycles. The van der Waals surface area contributed by atoms with Crippen molar-refractivity contribution in [2.75, 3.05) is 12.4 Å². The average molecular weight is 247 g/mol. The highest BCUT2D eigenvalue weighted by molar-refractivity contribution is 8.01. The Bertz CT molecular complexity index is 248. The van der Waals surface area contributed by atoms with Crippen LogP contribution in [0.25, 0.3) is 0 Å². The molecule has 1 unspecified atom stereocenters. The van der Waals surface area contributed by atoms with Gasteiger partial charge in [-0.3, -0.25) is 4.79 Å². The third kappa shape index (κ3) is 7.56. The molecule has 94 valence electrons. The number of rotatable bonds is 5. The van der Waals surface area contributed by atoms with Crippen LogP contribution < -0.4 is 5.32 Å². The van der Waals surface area contributed by atoms with Crippen molar-refractivity contribution < 1.29 is 14.3 Å². The number of nitrogens with one attached hydrogen (secondary N) is 1. The Balaban J connectivity index is 3.92. The van der Waals surface area contributed by atoms with Crippen molar-refractivity contribution in [1.82, 2.24) is 5.32 Å². The van der Waals surface area contributed by atoms with Crippen molar-refractivity contribution in [2.45, 2.75) is 45.4 Å². The maximum Gasteiger partial charge on any atom is 0.328 e. The lowest BCUT2D eigenvalue weighted by Crippen LogP contribution is -2.40. The van der Waals surface area contributed by atoms with E-state index in [0.717, 1.165) is 0 Å². The molecule has 0 aliphatic rings. The normalized spacial score (nSPS) is 13.1. The van der Waals surface area contributed by atoms with Crippen LogP contribution in [0.2, 0.25) is 0 Å². The Morgan fingerprint density at radius 1 is 1.38 bits per heavy atom. The molecule has 5 heteroatoms. The van der Waals surface area contributed by atoms with E-state index in [4.69, 9.17) is 4.74 Å². The fourth-order valence-corrected chi connectivity index (χ4v) is 1.54. The molecule has 0 saturated heterocycles. The first-order valence-electron chi connectivity index (χ1n) is 5.36. The number of carbonyl (C=O) groups excluding carboxylic acids is 2. The number of esters is 1. The zero-order valence-electron chi connectivity index (χ0n) is 10.6. The third-order valence-electron chi connectivity index (χ3n) is 1.65. The Labute approximate surface area is 101 Å². The largest absolute Gasteiger partial charge is 0.464 e. The van der Waals surface area contributed by atoms with Crippen LogP contribution in [0.1, 0.15) is 34.6 Å². The molecule has 0 fully saturated rings. The highest BCUT2D eigenvalue weighted by Gasteiger charge is 2.18. The van der Waals surface area contributed by atoms with Gasteiger partial charge in [0.15, 0.2) is 0 Å². The summed E-state index contributed by atoms with van der Waals surface area (Å²) >= 11 is 1.54. The second-order valence-corrected chi connectivity index (χ2v) is 6.24. The van der Waals surface area contributed by atoms with Gasteiger partial charge in [0, 0.05) is 4.75 Å². The van der Waals surface area contributed by atoms with E-state index >= 15 is 0 Å². The molecule has 0 aliphatic heterocycles. The van der Waals surface area contributed by atoms with Gasteiger partial charge in [0.05, 0.1) is 12.4 Å². The van der Waals surface area contributed by atoms with Crippen molar-refractivity contribution in [3.8, 4) is 0 Å². The van der Waals surface area contributed by atoms with Gasteiger partial charge in [-0.15, -0.1) is 11.8 Å². The quantitative estimate of drug-likeness (QED) is 0.750. The predicted octanol–water partition coefficient (Wildman–Crippen LogP) is 1.59. The summed E-state index contributed by atoms with van der Waals surface area (Å²) in [5.74, 6) is -0.176. The van der Waals surface area contributed by atoms with E-state index in [2.05, 4.69) is 5.32 Å². The molecule has 0 rings (SSSR count). The van der Waals surface area contributed by atoms with E-state index in [0.29, 0.717) is 12.4 Å². The lowest BCUT2D eigenvalue weighted by molar-refractivity contribution is -0.146. The van der Waals surface area contributed by atoms with Gasteiger partial charge in [0.25, 0.3) is 0 Å². The number of hydrogen-bond acceptors (Lipinski definition) is 4. The molecule has 16 heavy (non-hydrogen) atoms. The van der Waals surface area contributed by atoms with Crippen molar-refractivity contribution in [3.63, 3.8) is 0 Å². The summed E-state index contributed by atoms with van der Waals surface area (Å²) in [5.41, 5.74) is 0. The number of thioether (sulfide) groups is 1. The smallest absolute Gasteiger partial charge is 0.328 e. The topological polar surface area (TPSA) is 55.4 Å². The molecule has 4 nitrogen and oxygen atoms in total. The standard InChI is InChI=1S/C11H21NO3S/c1-6-15-10(14)8(2)12-9(13)7-16-11(3,4)5/h8H,6-7H2,1-5H3,(H,12,13). The first kappa shape index (κ1) is 15.3. The summed E-state index contributed by atoms with van der Waals surface area (Å²) in [4.78, 5) is 22.7. The Kier molecular flexibility index (Phi) is 6.48. The maximum atomic E-state index is 11.5. The molecule has 0 heterocycles. The van der Waals surface area contributed by atoms with E-state index in [1.54, 1.807) is 25.6 Å². The van der Waals surface area contributed by atoms with Crippen LogP contribution in [-0.2, 0) is 14.3 Å². The van der Waals surface area contributed by atoms with E-state index < -0.39 is 12.0 Å². The van der Waals surface area contributed by atoms with Gasteiger partial charge in [-0.1, -0.05) is 20.8 Å². The van der Waals surface area contributed by atoms with Gasteiger partial charge in [-0.2, -0.15) is 0 Å². The molecule has 0 radical (unpaired) electrons. The van der Waals surface area contributed by atoms with Gasteiger partial charge >= 0.3 is 5.97 Å². The molecule has 1 atom stereocenters. The van der Waals surface area contributed by atoms with Crippen LogP contribution in [0.4, 0.5) is 0 Å². The van der Waals surface area contributed by atoms with Gasteiger partial charge in [0.1, 0.15) is 6.04 Å². The van der Waals surface area contributed by atoms with Crippen LogP contribution in [0.15, 0.2) is 0 Å². The molecule has 0 aromatic carbocycles. The highest BCUT2D eigenvalue weighted by atomic mass is 32.2. The number of carbonyl (C=O) groups is 2. The van der Waals surface area contributed by atoms with E-state index in [1.807, 2.05) is 20.8 Å². The summed E-state index contributed by atoms with van der Waals surface area (Å²) in [5, 5.41) is 2.60. The van der Waals surface area contributed by atoms with Crippen LogP contribution in [-0.4, -0.2) is 35.0 Å². The molecule has 0 aromatic heterocycles. The van der Waals surface area contributed by atoms with Gasteiger partial charge < -0.3 is 10.1 Å². The van der Waals surface area contributed by atoms with Crippen LogP contribution in [0, 0.1) is 0 Å². The molecule has 0 aromatic rings. The summed E-state index contributed by atoms with van der Waals surface area (Å²) in [6.07, 6.45) is 0. The van der Waals surface area contributed by atoms with Crippen LogP contribution >= 0.6 is 11.8 Å². The second kappa shape index (κ2) is 6.78. The summed E-state index contributed by atoms with van der Waals surface area (Å²) in [6.45, 7) is 9.81. The average Bonchev–Trinajstić information content (AvgIpc) is 2.14. The van der Waals surface area contributed by atoms with Gasteiger partial charge in [-0.05, 0) is 13.8 Å². The van der Waals surface area contributed by atoms with Crippen LogP contribution in [0.3, 0.4) is 0 Å². The lowest BCUT2D eigenvalue weighted by atomic mass is 10.3. The zero-order valence-corrected chi connectivity index (χ0v) is 11.4. The summed E-state index contributed by atoms with van der Waals surface area (Å²) in [6, 6.07) is -0.576. The molecule has 1 amide bonds. The van der Waals surface area contributed by atoms with Gasteiger partial charge in [0.2, 0.25) is 5.91 Å². The predicted molar refractivity (Wildman–Crippen MR) is 66.4 cm³/mol. The Morgan fingerprint density at radius 2 is 1.94 bits per heavy atom. The lowest BCUT2D eigenvalue weighted by Gasteiger charge is -2.18. The first-order valence-corrected chi connectivity index (χ1v) is 6.34. The Morgan fingerprint density at radius 3 is 2.38 bits per heavy atom. The number of amides is 1. The minimum Gasteiger partial charge on any atom is -0.464 e. The van der Waals surface area contributed by atoms with E-state index in [9.17, 15) is 9.59 Å². The van der Waals surface area contributed by atoms with Gasteiger partial charge in [-0.25, -0.2) is 4.79 Å². The fraction of sp³-hybridized carbons (Fsp3) is 0.818. The molecule has 0 bridgehead atoms. The third-order valence-corrected chi connectivity index (χ3v) is 2.93. The number of hydrogen-bond donors (Lipinski definition) is 1. The molecule has 0 spiro atoms. The maximum absolute atomic E-state index is 11.5. The van der Waals surface area contributed by atoms with Crippen molar-refractivity contribution in [3.05, 3.63) is 0 Å². The molecule has 0 saturated carbocycles. The van der Waals surface area contributed by atoms with E-state index in [-0.39, 0.29) is 10.7 Å². The minimum absolute atomic E-state index is 0.0461. The Hall–Kier alpha value is -0.710. The zero-order chi connectivity index (χ0) is 12.8. The van der Waals surface area contributed by atoms with Crippen molar-refractivity contribution in [1.29, 1.82) is 0 Å². The number of ether oxygens (including phenoxy) is 1. The minimum atomic E-state index is -0.576. The van der Waals surface area contributed by atoms with Crippen molar-refractivity contribution in [2.24, 2.45) is 0 Å². The second-order valence-electron chi connectivity index (χ2n) is 4.44. The first-order chi connectivity index (χ1) is 7.26. The molecule has 1 N–H and O–H groups in total. The summed E-state index contributed by atoms with van der Waals surface area (Å²) < 4.78 is 4.84. The van der Waals surface area contributed by atoms with Crippen molar-refractivity contribution >= 4 is 23.6 Å². The highest BCUT2D eigenvalue weighted by Crippen LogP contribution is 2.22. The monoisotopic (exact) mass is 247 g/mol. The van der Waals surface area contributed by atoms with Crippen LogP contribution in [0.5, 0.6) is 0 Å². The molecular weight excluding hydrogens is 226 g/mol. The fourth-order valence-electron chi connectivity index (χ4n) is 0.891.